The third-order valence-corrected chi connectivity index (χ3v) is 3.75. The predicted molar refractivity (Wildman–Crippen MR) is 82.1 cm³/mol. The molecular weight excluding hydrogens is 363 g/mol. The zero-order valence-corrected chi connectivity index (χ0v) is 13.6. The van der Waals surface area contributed by atoms with E-state index in [1.54, 1.807) is 0 Å². The summed E-state index contributed by atoms with van der Waals surface area (Å²) in [5.41, 5.74) is 0.101. The number of halogens is 3. The van der Waals surface area contributed by atoms with Gasteiger partial charge in [0.2, 0.25) is 0 Å². The highest BCUT2D eigenvalue weighted by molar-refractivity contribution is 9.10. The zero-order chi connectivity index (χ0) is 15.6. The molecule has 2 aromatic rings. The molecule has 110 valence electrons. The Morgan fingerprint density at radius 2 is 1.86 bits per heavy atom. The Balaban J connectivity index is 2.58. The maximum atomic E-state index is 13.8. The topological polar surface area (TPSA) is 35.5 Å². The number of hydrogen-bond acceptors (Lipinski definition) is 3. The van der Waals surface area contributed by atoms with Gasteiger partial charge in [-0.25, -0.2) is 4.39 Å². The predicted octanol–water partition coefficient (Wildman–Crippen LogP) is 4.49. The molecule has 0 unspecified atom stereocenters. The number of benzene rings is 2. The molecule has 0 aliphatic heterocycles. The van der Waals surface area contributed by atoms with Crippen molar-refractivity contribution in [3.63, 3.8) is 0 Å². The second kappa shape index (κ2) is 6.45. The van der Waals surface area contributed by atoms with Crippen molar-refractivity contribution < 1.29 is 18.7 Å². The summed E-state index contributed by atoms with van der Waals surface area (Å²) in [7, 11) is 2.84. The van der Waals surface area contributed by atoms with Crippen molar-refractivity contribution >= 4 is 33.3 Å². The fourth-order valence-corrected chi connectivity index (χ4v) is 2.57. The number of carbonyl (C=O) groups excluding carboxylic acids is 1. The highest BCUT2D eigenvalue weighted by Gasteiger charge is 2.22. The third kappa shape index (κ3) is 3.04. The van der Waals surface area contributed by atoms with E-state index in [1.807, 2.05) is 0 Å². The molecule has 6 heteroatoms. The van der Waals surface area contributed by atoms with Gasteiger partial charge in [-0.05, 0) is 30.3 Å². The number of ether oxygens (including phenoxy) is 2. The second-order valence-corrected chi connectivity index (χ2v) is 5.41. The lowest BCUT2D eigenvalue weighted by molar-refractivity contribution is 0.103. The van der Waals surface area contributed by atoms with Gasteiger partial charge in [0.25, 0.3) is 0 Å². The average molecular weight is 374 g/mol. The molecular formula is C15H11BrClFO3. The Morgan fingerprint density at radius 1 is 1.14 bits per heavy atom. The molecule has 0 N–H and O–H groups in total. The Kier molecular flexibility index (Phi) is 4.85. The highest BCUT2D eigenvalue weighted by atomic mass is 79.9. The van der Waals surface area contributed by atoms with Crippen molar-refractivity contribution in [2.24, 2.45) is 0 Å². The van der Waals surface area contributed by atoms with Crippen LogP contribution in [0.4, 0.5) is 4.39 Å². The van der Waals surface area contributed by atoms with Crippen LogP contribution in [0.15, 0.2) is 34.8 Å². The van der Waals surface area contributed by atoms with E-state index in [9.17, 15) is 9.18 Å². The fourth-order valence-electron chi connectivity index (χ4n) is 1.89. The van der Waals surface area contributed by atoms with Gasteiger partial charge >= 0.3 is 0 Å². The number of ketones is 1. The first kappa shape index (κ1) is 15.8. The van der Waals surface area contributed by atoms with Gasteiger partial charge in [-0.1, -0.05) is 27.5 Å². The Hall–Kier alpha value is -1.59. The van der Waals surface area contributed by atoms with E-state index in [-0.39, 0.29) is 21.9 Å². The first-order valence-corrected chi connectivity index (χ1v) is 7.07. The Labute approximate surface area is 134 Å². The molecule has 0 aliphatic carbocycles. The zero-order valence-electron chi connectivity index (χ0n) is 11.2. The van der Waals surface area contributed by atoms with Crippen LogP contribution < -0.4 is 9.47 Å². The molecule has 0 radical (unpaired) electrons. The van der Waals surface area contributed by atoms with Gasteiger partial charge in [-0.3, -0.25) is 4.79 Å². The van der Waals surface area contributed by atoms with E-state index < -0.39 is 11.6 Å². The van der Waals surface area contributed by atoms with Crippen LogP contribution in [-0.2, 0) is 0 Å². The quantitative estimate of drug-likeness (QED) is 0.741. The summed E-state index contributed by atoms with van der Waals surface area (Å²) in [5, 5.41) is 0.168. The number of hydrogen-bond donors (Lipinski definition) is 0. The summed E-state index contributed by atoms with van der Waals surface area (Å²) in [4.78, 5) is 12.5. The molecule has 0 spiro atoms. The molecule has 0 bridgehead atoms. The molecule has 0 saturated heterocycles. The van der Waals surface area contributed by atoms with Crippen molar-refractivity contribution in [1.82, 2.24) is 0 Å². The molecule has 3 nitrogen and oxygen atoms in total. The molecule has 0 aromatic heterocycles. The summed E-state index contributed by atoms with van der Waals surface area (Å²) in [6, 6.07) is 7.18. The molecule has 2 rings (SSSR count). The second-order valence-electron chi connectivity index (χ2n) is 4.12. The normalized spacial score (nSPS) is 10.3. The van der Waals surface area contributed by atoms with Gasteiger partial charge in [0.1, 0.15) is 16.6 Å². The minimum Gasteiger partial charge on any atom is -0.495 e. The van der Waals surface area contributed by atoms with E-state index in [4.69, 9.17) is 21.1 Å². The van der Waals surface area contributed by atoms with Crippen LogP contribution in [0.25, 0.3) is 0 Å². The smallest absolute Gasteiger partial charge is 0.199 e. The standard InChI is InChI=1S/C15H11BrClFO3/c1-20-12-6-4-9(15(21-2)13(12)17)14(19)10-7-8(16)3-5-11(10)18/h3-7H,1-2H3. The molecule has 0 aliphatic rings. The van der Waals surface area contributed by atoms with Gasteiger partial charge < -0.3 is 9.47 Å². The van der Waals surface area contributed by atoms with Crippen LogP contribution in [0, 0.1) is 5.82 Å². The largest absolute Gasteiger partial charge is 0.495 e. The fraction of sp³-hybridized carbons (Fsp3) is 0.133. The summed E-state index contributed by atoms with van der Waals surface area (Å²) in [5.74, 6) is -0.604. The summed E-state index contributed by atoms with van der Waals surface area (Å²) >= 11 is 9.33. The maximum Gasteiger partial charge on any atom is 0.199 e. The molecule has 0 atom stereocenters. The molecule has 0 fully saturated rings. The SMILES string of the molecule is COc1ccc(C(=O)c2cc(Br)ccc2F)c(OC)c1Cl. The van der Waals surface area contributed by atoms with Crippen LogP contribution >= 0.6 is 27.5 Å². The Bertz CT molecular complexity index is 704. The van der Waals surface area contributed by atoms with Crippen molar-refractivity contribution in [2.45, 2.75) is 0 Å². The summed E-state index contributed by atoms with van der Waals surface area (Å²) in [6.45, 7) is 0. The Morgan fingerprint density at radius 3 is 2.48 bits per heavy atom. The van der Waals surface area contributed by atoms with Crippen LogP contribution in [-0.4, -0.2) is 20.0 Å². The minimum atomic E-state index is -0.614. The van der Waals surface area contributed by atoms with Crippen molar-refractivity contribution in [3.8, 4) is 11.5 Å². The van der Waals surface area contributed by atoms with Crippen molar-refractivity contribution in [2.75, 3.05) is 14.2 Å². The van der Waals surface area contributed by atoms with Gasteiger partial charge in [-0.15, -0.1) is 0 Å². The lowest BCUT2D eigenvalue weighted by Crippen LogP contribution is -2.07. The van der Waals surface area contributed by atoms with Crippen molar-refractivity contribution in [3.05, 3.63) is 56.8 Å². The first-order chi connectivity index (χ1) is 9.99. The van der Waals surface area contributed by atoms with Gasteiger partial charge in [-0.2, -0.15) is 0 Å². The van der Waals surface area contributed by atoms with Crippen LogP contribution in [0.2, 0.25) is 5.02 Å². The number of methoxy groups -OCH3 is 2. The van der Waals surface area contributed by atoms with E-state index in [2.05, 4.69) is 15.9 Å². The van der Waals surface area contributed by atoms with Crippen LogP contribution in [0.5, 0.6) is 11.5 Å². The van der Waals surface area contributed by atoms with Crippen LogP contribution in [0.3, 0.4) is 0 Å². The molecule has 2 aromatic carbocycles. The maximum absolute atomic E-state index is 13.8. The summed E-state index contributed by atoms with van der Waals surface area (Å²) < 4.78 is 24.7. The van der Waals surface area contributed by atoms with E-state index in [0.29, 0.717) is 10.2 Å². The lowest BCUT2D eigenvalue weighted by atomic mass is 10.0. The van der Waals surface area contributed by atoms with E-state index in [1.165, 1.54) is 44.6 Å². The summed E-state index contributed by atoms with van der Waals surface area (Å²) in [6.07, 6.45) is 0. The molecule has 0 saturated carbocycles. The highest BCUT2D eigenvalue weighted by Crippen LogP contribution is 2.38. The minimum absolute atomic E-state index is 0.0658. The van der Waals surface area contributed by atoms with Crippen LogP contribution in [0.1, 0.15) is 15.9 Å². The molecule has 0 amide bonds. The number of carbonyl (C=O) groups is 1. The molecule has 0 heterocycles. The average Bonchev–Trinajstić information content (AvgIpc) is 2.48. The van der Waals surface area contributed by atoms with E-state index in [0.717, 1.165) is 0 Å². The monoisotopic (exact) mass is 372 g/mol. The van der Waals surface area contributed by atoms with Gasteiger partial charge in [0.05, 0.1) is 25.3 Å². The van der Waals surface area contributed by atoms with Gasteiger partial charge in [0.15, 0.2) is 11.5 Å². The van der Waals surface area contributed by atoms with E-state index >= 15 is 0 Å². The van der Waals surface area contributed by atoms with Crippen molar-refractivity contribution in [1.29, 1.82) is 0 Å². The van der Waals surface area contributed by atoms with Gasteiger partial charge in [0, 0.05) is 4.47 Å². The molecule has 21 heavy (non-hydrogen) atoms. The first-order valence-electron chi connectivity index (χ1n) is 5.89. The lowest BCUT2D eigenvalue weighted by Gasteiger charge is -2.12. The third-order valence-electron chi connectivity index (χ3n) is 2.90. The number of rotatable bonds is 4.